The Kier molecular flexibility index (Phi) is 2.88. The van der Waals surface area contributed by atoms with Gasteiger partial charge in [-0.05, 0) is 19.1 Å². The van der Waals surface area contributed by atoms with E-state index in [2.05, 4.69) is 4.98 Å². The number of thiazole rings is 1. The maximum atomic E-state index is 12.9. The van der Waals surface area contributed by atoms with Crippen LogP contribution in [-0.2, 0) is 0 Å². The lowest BCUT2D eigenvalue weighted by atomic mass is 10.3. The molecular weight excluding hydrogens is 209 g/mol. The van der Waals surface area contributed by atoms with Crippen molar-refractivity contribution in [1.82, 2.24) is 4.98 Å². The number of benzene rings is 1. The van der Waals surface area contributed by atoms with Crippen molar-refractivity contribution in [2.24, 2.45) is 0 Å². The highest BCUT2D eigenvalue weighted by atomic mass is 35.5. The molecule has 70 valence electrons. The van der Waals surface area contributed by atoms with Crippen molar-refractivity contribution in [3.8, 4) is 0 Å². The quantitative estimate of drug-likeness (QED) is 0.649. The monoisotopic (exact) mass is 217 g/mol. The lowest BCUT2D eigenvalue weighted by Gasteiger charge is -1.91. The zero-order valence-electron chi connectivity index (χ0n) is 6.27. The van der Waals surface area contributed by atoms with Crippen molar-refractivity contribution < 1.29 is 4.39 Å². The van der Waals surface area contributed by atoms with E-state index in [0.717, 1.165) is 15.2 Å². The predicted molar refractivity (Wildman–Crippen MR) is 56.1 cm³/mol. The second kappa shape index (κ2) is 3.60. The molecule has 0 spiro atoms. The van der Waals surface area contributed by atoms with Crippen LogP contribution >= 0.6 is 22.9 Å². The van der Waals surface area contributed by atoms with Crippen LogP contribution in [-0.4, -0.2) is 4.98 Å². The molecule has 0 N–H and O–H groups in total. The fourth-order valence-corrected chi connectivity index (χ4v) is 2.03. The fraction of sp³-hybridized carbons (Fsp3) is 0.222. The lowest BCUT2D eigenvalue weighted by molar-refractivity contribution is 0.630. The summed E-state index contributed by atoms with van der Waals surface area (Å²) in [5, 5.41) is 1.06. The highest BCUT2D eigenvalue weighted by molar-refractivity contribution is 7.18. The molecule has 0 radical (unpaired) electrons. The first-order valence-corrected chi connectivity index (χ1v) is 4.58. The minimum atomic E-state index is -0.382. The molecule has 2 aromatic rings. The van der Waals surface area contributed by atoms with Crippen LogP contribution in [0.3, 0.4) is 0 Å². The number of aromatic nitrogens is 1. The van der Waals surface area contributed by atoms with Crippen LogP contribution in [0, 0.1) is 12.7 Å². The summed E-state index contributed by atoms with van der Waals surface area (Å²) in [6, 6.07) is 2.97. The van der Waals surface area contributed by atoms with Crippen molar-refractivity contribution in [2.45, 2.75) is 14.4 Å². The van der Waals surface area contributed by atoms with Gasteiger partial charge in [-0.25, -0.2) is 9.37 Å². The molecule has 0 saturated heterocycles. The lowest BCUT2D eigenvalue weighted by Crippen LogP contribution is -1.75. The van der Waals surface area contributed by atoms with Crippen molar-refractivity contribution in [3.05, 3.63) is 28.0 Å². The summed E-state index contributed by atoms with van der Waals surface area (Å²) in [6.45, 7) is 1.89. The summed E-state index contributed by atoms with van der Waals surface area (Å²) in [7, 11) is 0. The number of hydrogen-bond acceptors (Lipinski definition) is 2. The Morgan fingerprint density at radius 3 is 2.85 bits per heavy atom. The van der Waals surface area contributed by atoms with Crippen molar-refractivity contribution >= 4 is 33.2 Å². The van der Waals surface area contributed by atoms with Gasteiger partial charge in [-0.3, -0.25) is 0 Å². The van der Waals surface area contributed by atoms with Gasteiger partial charge in [0.1, 0.15) is 5.82 Å². The largest absolute Gasteiger partial charge is 0.241 e. The van der Waals surface area contributed by atoms with Crippen molar-refractivity contribution in [3.63, 3.8) is 0 Å². The molecule has 4 heteroatoms. The Labute approximate surface area is 85.2 Å². The molecule has 1 aromatic heterocycles. The van der Waals surface area contributed by atoms with Crippen LogP contribution in [0.15, 0.2) is 12.1 Å². The average molecular weight is 218 g/mol. The zero-order chi connectivity index (χ0) is 8.72. The number of aryl methyl sites for hydroxylation is 1. The standard InChI is InChI=1S/C8H5ClFNS.CH4/c1-4-11-7-2-5(9)6(10)3-8(7)12-4;/h2-3H,1H3;1H4. The van der Waals surface area contributed by atoms with Gasteiger partial charge in [-0.2, -0.15) is 0 Å². The van der Waals surface area contributed by atoms with Crippen LogP contribution in [0.25, 0.3) is 10.2 Å². The molecule has 0 saturated carbocycles. The normalized spacial score (nSPS) is 10.1. The first kappa shape index (κ1) is 10.4. The fourth-order valence-electron chi connectivity index (χ4n) is 1.04. The van der Waals surface area contributed by atoms with E-state index in [1.54, 1.807) is 6.07 Å². The molecule has 1 heterocycles. The van der Waals surface area contributed by atoms with Crippen LogP contribution < -0.4 is 0 Å². The third kappa shape index (κ3) is 1.81. The summed E-state index contributed by atoms with van der Waals surface area (Å²) >= 11 is 7.05. The Morgan fingerprint density at radius 1 is 1.46 bits per heavy atom. The molecule has 1 nitrogen and oxygen atoms in total. The third-order valence-corrected chi connectivity index (χ3v) is 2.76. The van der Waals surface area contributed by atoms with E-state index in [-0.39, 0.29) is 18.3 Å². The van der Waals surface area contributed by atoms with Gasteiger partial charge >= 0.3 is 0 Å². The summed E-state index contributed by atoms with van der Waals surface area (Å²) in [6.07, 6.45) is 0. The van der Waals surface area contributed by atoms with Gasteiger partial charge in [0.15, 0.2) is 0 Å². The Balaban J connectivity index is 0.000000845. The van der Waals surface area contributed by atoms with Gasteiger partial charge in [-0.15, -0.1) is 11.3 Å². The predicted octanol–water partition coefficient (Wildman–Crippen LogP) is 4.03. The number of halogens is 2. The van der Waals surface area contributed by atoms with E-state index in [4.69, 9.17) is 11.6 Å². The highest BCUT2D eigenvalue weighted by Crippen LogP contribution is 2.26. The first-order valence-electron chi connectivity index (χ1n) is 3.39. The molecule has 1 aromatic carbocycles. The van der Waals surface area contributed by atoms with E-state index >= 15 is 0 Å². The Morgan fingerprint density at radius 2 is 2.15 bits per heavy atom. The number of rotatable bonds is 0. The highest BCUT2D eigenvalue weighted by Gasteiger charge is 2.05. The molecule has 13 heavy (non-hydrogen) atoms. The van der Waals surface area contributed by atoms with Crippen LogP contribution in [0.1, 0.15) is 12.4 Å². The van der Waals surface area contributed by atoms with Crippen molar-refractivity contribution in [1.29, 1.82) is 0 Å². The number of nitrogens with zero attached hydrogens (tertiary/aromatic N) is 1. The number of fused-ring (bicyclic) bond motifs is 1. The maximum absolute atomic E-state index is 12.9. The molecule has 0 aliphatic heterocycles. The maximum Gasteiger partial charge on any atom is 0.143 e. The average Bonchev–Trinajstić information content (AvgIpc) is 2.30. The first-order chi connectivity index (χ1) is 5.66. The van der Waals surface area contributed by atoms with E-state index in [1.807, 2.05) is 6.92 Å². The Bertz CT molecular complexity index is 399. The summed E-state index contributed by atoms with van der Waals surface area (Å²) in [5.74, 6) is -0.382. The van der Waals surface area contributed by atoms with Crippen LogP contribution in [0.5, 0.6) is 0 Å². The van der Waals surface area contributed by atoms with Gasteiger partial charge in [0, 0.05) is 0 Å². The smallest absolute Gasteiger partial charge is 0.143 e. The van der Waals surface area contributed by atoms with Gasteiger partial charge in [0.2, 0.25) is 0 Å². The molecule has 0 fully saturated rings. The molecule has 0 unspecified atom stereocenters. The minimum absolute atomic E-state index is 0. The molecule has 0 atom stereocenters. The molecule has 0 aliphatic rings. The zero-order valence-corrected chi connectivity index (χ0v) is 7.84. The van der Waals surface area contributed by atoms with Crippen LogP contribution in [0.2, 0.25) is 5.02 Å². The summed E-state index contributed by atoms with van der Waals surface area (Å²) in [4.78, 5) is 4.18. The second-order valence-corrected chi connectivity index (χ2v) is 4.11. The van der Waals surface area contributed by atoms with Crippen molar-refractivity contribution in [2.75, 3.05) is 0 Å². The summed E-state index contributed by atoms with van der Waals surface area (Å²) < 4.78 is 13.7. The molecule has 2 rings (SSSR count). The number of hydrogen-bond donors (Lipinski definition) is 0. The van der Waals surface area contributed by atoms with Gasteiger partial charge in [-0.1, -0.05) is 19.0 Å². The second-order valence-electron chi connectivity index (χ2n) is 2.47. The SMILES string of the molecule is C.Cc1nc2cc(Cl)c(F)cc2s1. The van der Waals surface area contributed by atoms with Gasteiger partial charge in [0.25, 0.3) is 0 Å². The topological polar surface area (TPSA) is 12.9 Å². The van der Waals surface area contributed by atoms with Gasteiger partial charge < -0.3 is 0 Å². The van der Waals surface area contributed by atoms with E-state index in [1.165, 1.54) is 17.4 Å². The van der Waals surface area contributed by atoms with Crippen LogP contribution in [0.4, 0.5) is 4.39 Å². The van der Waals surface area contributed by atoms with E-state index < -0.39 is 0 Å². The minimum Gasteiger partial charge on any atom is -0.241 e. The molecule has 0 amide bonds. The molecular formula is C9H9ClFNS. The molecule has 0 bridgehead atoms. The van der Waals surface area contributed by atoms with Gasteiger partial charge in [0.05, 0.1) is 20.2 Å². The van der Waals surface area contributed by atoms with E-state index in [0.29, 0.717) is 0 Å². The summed E-state index contributed by atoms with van der Waals surface area (Å²) in [5.41, 5.74) is 0.768. The van der Waals surface area contributed by atoms with E-state index in [9.17, 15) is 4.39 Å². The third-order valence-electron chi connectivity index (χ3n) is 1.54. The molecule has 0 aliphatic carbocycles. The Hall–Kier alpha value is -0.670.